The first kappa shape index (κ1) is 10.2. The van der Waals surface area contributed by atoms with Gasteiger partial charge in [0.1, 0.15) is 0 Å². The third-order valence-corrected chi connectivity index (χ3v) is 3.23. The van der Waals surface area contributed by atoms with Crippen LogP contribution < -0.4 is 0 Å². The summed E-state index contributed by atoms with van der Waals surface area (Å²) in [5.74, 6) is -1.05. The van der Waals surface area contributed by atoms with Gasteiger partial charge in [0, 0.05) is 0 Å². The third kappa shape index (κ3) is 1.89. The van der Waals surface area contributed by atoms with Crippen molar-refractivity contribution in [1.29, 1.82) is 0 Å². The molecule has 0 radical (unpaired) electrons. The van der Waals surface area contributed by atoms with Crippen molar-refractivity contribution in [3.8, 4) is 0 Å². The number of carboxylic acid groups (broad SMARTS) is 1. The van der Waals surface area contributed by atoms with Gasteiger partial charge in [-0.3, -0.25) is 4.79 Å². The molecule has 2 nitrogen and oxygen atoms in total. The molecule has 80 valence electrons. The first-order chi connectivity index (χ1) is 7.22. The fourth-order valence-electron chi connectivity index (χ4n) is 2.36. The molecule has 15 heavy (non-hydrogen) atoms. The van der Waals surface area contributed by atoms with E-state index in [4.69, 9.17) is 5.11 Å². The molecule has 2 rings (SSSR count). The van der Waals surface area contributed by atoms with Crippen molar-refractivity contribution >= 4 is 5.97 Å². The quantitative estimate of drug-likeness (QED) is 0.822. The fraction of sp³-hybridized carbons (Fsp3) is 0.462. The van der Waals surface area contributed by atoms with Crippen LogP contribution in [0.5, 0.6) is 0 Å². The minimum atomic E-state index is -0.713. The molecule has 1 aromatic carbocycles. The number of carbonyl (C=O) groups is 1. The van der Waals surface area contributed by atoms with Crippen molar-refractivity contribution in [3.05, 3.63) is 34.9 Å². The van der Waals surface area contributed by atoms with Crippen LogP contribution >= 0.6 is 0 Å². The molecule has 0 spiro atoms. The van der Waals surface area contributed by atoms with Crippen LogP contribution in [-0.4, -0.2) is 11.1 Å². The summed E-state index contributed by atoms with van der Waals surface area (Å²) in [5, 5.41) is 9.08. The Hall–Kier alpha value is -1.31. The molecule has 0 saturated carbocycles. The molecular formula is C13H16O2. The average molecular weight is 204 g/mol. The van der Waals surface area contributed by atoms with Gasteiger partial charge in [0.2, 0.25) is 0 Å². The summed E-state index contributed by atoms with van der Waals surface area (Å²) in [6, 6.07) is 6.17. The highest BCUT2D eigenvalue weighted by molar-refractivity contribution is 5.76. The lowest BCUT2D eigenvalue weighted by Crippen LogP contribution is -2.10. The molecule has 1 aromatic rings. The van der Waals surface area contributed by atoms with Crippen LogP contribution in [0.1, 0.15) is 42.4 Å². The van der Waals surface area contributed by atoms with Crippen LogP contribution in [0.2, 0.25) is 0 Å². The standard InChI is InChI=1S/C13H16O2/c1-2-12(13(14)15)11-7-6-9-4-3-5-10(9)8-11/h6-8,12H,2-5H2,1H3,(H,14,15). The van der Waals surface area contributed by atoms with E-state index >= 15 is 0 Å². The molecule has 1 atom stereocenters. The van der Waals surface area contributed by atoms with E-state index in [1.54, 1.807) is 0 Å². The highest BCUT2D eigenvalue weighted by Gasteiger charge is 2.19. The third-order valence-electron chi connectivity index (χ3n) is 3.23. The molecule has 0 aromatic heterocycles. The maximum atomic E-state index is 11.0. The predicted octanol–water partition coefficient (Wildman–Crippen LogP) is 2.75. The van der Waals surface area contributed by atoms with Gasteiger partial charge in [-0.15, -0.1) is 0 Å². The van der Waals surface area contributed by atoms with E-state index < -0.39 is 5.97 Å². The van der Waals surface area contributed by atoms with Gasteiger partial charge in [-0.1, -0.05) is 25.1 Å². The number of fused-ring (bicyclic) bond motifs is 1. The summed E-state index contributed by atoms with van der Waals surface area (Å²) in [4.78, 5) is 11.0. The monoisotopic (exact) mass is 204 g/mol. The lowest BCUT2D eigenvalue weighted by Gasteiger charge is -2.11. The number of aliphatic carboxylic acids is 1. The van der Waals surface area contributed by atoms with Gasteiger partial charge in [0.05, 0.1) is 5.92 Å². The van der Waals surface area contributed by atoms with Crippen molar-refractivity contribution in [3.63, 3.8) is 0 Å². The van der Waals surface area contributed by atoms with E-state index in [1.807, 2.05) is 13.0 Å². The Balaban J connectivity index is 2.32. The van der Waals surface area contributed by atoms with E-state index in [0.29, 0.717) is 6.42 Å². The van der Waals surface area contributed by atoms with E-state index in [9.17, 15) is 4.79 Å². The second-order valence-corrected chi connectivity index (χ2v) is 4.18. The molecule has 0 fully saturated rings. The van der Waals surface area contributed by atoms with Crippen LogP contribution in [0.15, 0.2) is 18.2 Å². The summed E-state index contributed by atoms with van der Waals surface area (Å²) in [5.41, 5.74) is 3.72. The van der Waals surface area contributed by atoms with Crippen molar-refractivity contribution < 1.29 is 9.90 Å². The molecule has 1 aliphatic rings. The maximum Gasteiger partial charge on any atom is 0.310 e. The van der Waals surface area contributed by atoms with E-state index in [2.05, 4.69) is 12.1 Å². The molecule has 1 aliphatic carbocycles. The molecule has 1 unspecified atom stereocenters. The number of carboxylic acids is 1. The minimum absolute atomic E-state index is 0.337. The summed E-state index contributed by atoms with van der Waals surface area (Å²) in [6.07, 6.45) is 4.13. The zero-order valence-corrected chi connectivity index (χ0v) is 8.99. The first-order valence-corrected chi connectivity index (χ1v) is 5.57. The van der Waals surface area contributed by atoms with E-state index in [1.165, 1.54) is 17.5 Å². The summed E-state index contributed by atoms with van der Waals surface area (Å²) in [7, 11) is 0. The highest BCUT2D eigenvalue weighted by Crippen LogP contribution is 2.27. The second-order valence-electron chi connectivity index (χ2n) is 4.18. The van der Waals surface area contributed by atoms with Crippen molar-refractivity contribution in [2.24, 2.45) is 0 Å². The van der Waals surface area contributed by atoms with Gasteiger partial charge in [-0.05, 0) is 42.4 Å². The Morgan fingerprint density at radius 3 is 2.80 bits per heavy atom. The zero-order valence-electron chi connectivity index (χ0n) is 8.99. The molecule has 0 amide bonds. The van der Waals surface area contributed by atoms with Gasteiger partial charge in [0.25, 0.3) is 0 Å². The number of aryl methyl sites for hydroxylation is 2. The van der Waals surface area contributed by atoms with E-state index in [-0.39, 0.29) is 5.92 Å². The van der Waals surface area contributed by atoms with Crippen molar-refractivity contribution in [2.75, 3.05) is 0 Å². The van der Waals surface area contributed by atoms with Gasteiger partial charge < -0.3 is 5.11 Å². The van der Waals surface area contributed by atoms with Crippen LogP contribution in [0.4, 0.5) is 0 Å². The van der Waals surface area contributed by atoms with Crippen LogP contribution in [0.3, 0.4) is 0 Å². The first-order valence-electron chi connectivity index (χ1n) is 5.57. The Morgan fingerprint density at radius 1 is 1.40 bits per heavy atom. The average Bonchev–Trinajstić information content (AvgIpc) is 2.65. The van der Waals surface area contributed by atoms with Crippen molar-refractivity contribution in [2.45, 2.75) is 38.5 Å². The lowest BCUT2D eigenvalue weighted by atomic mass is 9.94. The minimum Gasteiger partial charge on any atom is -0.481 e. The predicted molar refractivity (Wildman–Crippen MR) is 59.1 cm³/mol. The molecule has 1 N–H and O–H groups in total. The number of rotatable bonds is 3. The van der Waals surface area contributed by atoms with Gasteiger partial charge in [0.15, 0.2) is 0 Å². The molecule has 0 saturated heterocycles. The Morgan fingerprint density at radius 2 is 2.13 bits per heavy atom. The summed E-state index contributed by atoms with van der Waals surface area (Å²) >= 11 is 0. The van der Waals surface area contributed by atoms with Crippen LogP contribution in [0.25, 0.3) is 0 Å². The van der Waals surface area contributed by atoms with Gasteiger partial charge >= 0.3 is 5.97 Å². The summed E-state index contributed by atoms with van der Waals surface area (Å²) in [6.45, 7) is 1.92. The number of benzene rings is 1. The fourth-order valence-corrected chi connectivity index (χ4v) is 2.36. The molecule has 0 heterocycles. The number of hydrogen-bond acceptors (Lipinski definition) is 1. The van der Waals surface area contributed by atoms with Crippen molar-refractivity contribution in [1.82, 2.24) is 0 Å². The molecule has 0 bridgehead atoms. The Labute approximate surface area is 89.9 Å². The second kappa shape index (κ2) is 4.05. The summed E-state index contributed by atoms with van der Waals surface area (Å²) < 4.78 is 0. The van der Waals surface area contributed by atoms with E-state index in [0.717, 1.165) is 18.4 Å². The largest absolute Gasteiger partial charge is 0.481 e. The SMILES string of the molecule is CCC(C(=O)O)c1ccc2c(c1)CCC2. The topological polar surface area (TPSA) is 37.3 Å². The molecule has 0 aliphatic heterocycles. The van der Waals surface area contributed by atoms with Gasteiger partial charge in [-0.25, -0.2) is 0 Å². The van der Waals surface area contributed by atoms with Crippen LogP contribution in [0, 0.1) is 0 Å². The maximum absolute atomic E-state index is 11.0. The highest BCUT2D eigenvalue weighted by atomic mass is 16.4. The van der Waals surface area contributed by atoms with Crippen LogP contribution in [-0.2, 0) is 17.6 Å². The molecular weight excluding hydrogens is 188 g/mol. The zero-order chi connectivity index (χ0) is 10.8. The Kier molecular flexibility index (Phi) is 2.76. The van der Waals surface area contributed by atoms with Gasteiger partial charge in [-0.2, -0.15) is 0 Å². The normalized spacial score (nSPS) is 16.1. The lowest BCUT2D eigenvalue weighted by molar-refractivity contribution is -0.138. The number of hydrogen-bond donors (Lipinski definition) is 1. The molecule has 2 heteroatoms. The smallest absolute Gasteiger partial charge is 0.310 e. The Bertz CT molecular complexity index is 382.